The highest BCUT2D eigenvalue weighted by molar-refractivity contribution is 7.53. The van der Waals surface area contributed by atoms with Crippen molar-refractivity contribution in [3.05, 3.63) is 11.5 Å². The Bertz CT molecular complexity index is 993. The zero-order chi connectivity index (χ0) is 25.0. The lowest BCUT2D eigenvalue weighted by Crippen LogP contribution is -2.31. The van der Waals surface area contributed by atoms with Crippen LogP contribution >= 0.6 is 19.2 Å². The lowest BCUT2D eigenvalue weighted by molar-refractivity contribution is -0.157. The van der Waals surface area contributed by atoms with Crippen molar-refractivity contribution in [1.82, 2.24) is 19.5 Å². The number of halogens is 1. The van der Waals surface area contributed by atoms with Crippen molar-refractivity contribution in [2.75, 3.05) is 18.7 Å². The number of rotatable bonds is 11. The molecule has 2 N–H and O–H groups in total. The van der Waals surface area contributed by atoms with Crippen LogP contribution in [-0.4, -0.2) is 56.8 Å². The van der Waals surface area contributed by atoms with Crippen LogP contribution in [0.2, 0.25) is 5.15 Å². The molecule has 2 aromatic rings. The Labute approximate surface area is 198 Å². The third-order valence-electron chi connectivity index (χ3n) is 4.06. The van der Waals surface area contributed by atoms with E-state index in [9.17, 15) is 9.36 Å². The lowest BCUT2D eigenvalue weighted by atomic mass is 9.97. The summed E-state index contributed by atoms with van der Waals surface area (Å²) in [5.74, 6) is -0.410. The summed E-state index contributed by atoms with van der Waals surface area (Å²) in [4.78, 5) is 24.6. The van der Waals surface area contributed by atoms with Crippen LogP contribution in [0.1, 0.15) is 48.5 Å². The van der Waals surface area contributed by atoms with Crippen molar-refractivity contribution < 1.29 is 27.9 Å². The molecule has 0 fully saturated rings. The number of imidazole rings is 1. The highest BCUT2D eigenvalue weighted by Gasteiger charge is 2.31. The fourth-order valence-corrected chi connectivity index (χ4v) is 4.81. The van der Waals surface area contributed by atoms with Crippen LogP contribution in [0, 0.1) is 5.41 Å². The van der Waals surface area contributed by atoms with Gasteiger partial charge in [0.25, 0.3) is 0 Å². The molecule has 0 aromatic carbocycles. The first-order valence-electron chi connectivity index (χ1n) is 10.6. The molecule has 186 valence electrons. The van der Waals surface area contributed by atoms with E-state index in [-0.39, 0.29) is 42.8 Å². The second-order valence-electron chi connectivity index (χ2n) is 9.13. The van der Waals surface area contributed by atoms with Gasteiger partial charge < -0.3 is 28.8 Å². The molecule has 13 heteroatoms. The summed E-state index contributed by atoms with van der Waals surface area (Å²) < 4.78 is 37.3. The Morgan fingerprint density at radius 3 is 2.33 bits per heavy atom. The number of nitrogen functional groups attached to an aromatic ring is 1. The van der Waals surface area contributed by atoms with Gasteiger partial charge in [0.15, 0.2) is 10.8 Å². The molecular weight excluding hydrogens is 473 g/mol. The van der Waals surface area contributed by atoms with Gasteiger partial charge in [-0.2, -0.15) is 9.97 Å². The predicted octanol–water partition coefficient (Wildman–Crippen LogP) is 4.04. The third kappa shape index (κ3) is 8.19. The topological polar surface area (TPSA) is 141 Å². The highest BCUT2D eigenvalue weighted by Crippen LogP contribution is 2.50. The zero-order valence-corrected chi connectivity index (χ0v) is 21.7. The van der Waals surface area contributed by atoms with Gasteiger partial charge in [-0.25, -0.2) is 4.98 Å². The number of hydrogen-bond acceptors (Lipinski definition) is 10. The first kappa shape index (κ1) is 27.5. The first-order chi connectivity index (χ1) is 15.2. The smallest absolute Gasteiger partial charge is 0.356 e. The van der Waals surface area contributed by atoms with E-state index in [0.717, 1.165) is 0 Å². The molecular formula is C20H33ClN5O6P. The van der Waals surface area contributed by atoms with Crippen LogP contribution in [0.25, 0.3) is 11.2 Å². The molecule has 0 spiro atoms. The summed E-state index contributed by atoms with van der Waals surface area (Å²) in [5, 5.41) is 0.119. The molecule has 0 saturated heterocycles. The largest absolute Gasteiger partial charge is 0.462 e. The summed E-state index contributed by atoms with van der Waals surface area (Å²) in [6.07, 6.45) is -0.222. The number of nitrogens with two attached hydrogens (primary N) is 1. The summed E-state index contributed by atoms with van der Waals surface area (Å²) in [6, 6.07) is 0. The quantitative estimate of drug-likeness (QED) is 0.270. The number of anilines is 1. The maximum absolute atomic E-state index is 13.2. The van der Waals surface area contributed by atoms with E-state index < -0.39 is 25.1 Å². The maximum atomic E-state index is 13.2. The van der Waals surface area contributed by atoms with Crippen molar-refractivity contribution in [2.45, 2.75) is 73.3 Å². The maximum Gasteiger partial charge on any atom is 0.356 e. The van der Waals surface area contributed by atoms with E-state index in [2.05, 4.69) is 15.0 Å². The van der Waals surface area contributed by atoms with Crippen LogP contribution in [0.15, 0.2) is 6.33 Å². The Morgan fingerprint density at radius 1 is 1.18 bits per heavy atom. The van der Waals surface area contributed by atoms with Crippen molar-refractivity contribution in [2.24, 2.45) is 5.41 Å². The van der Waals surface area contributed by atoms with Crippen molar-refractivity contribution in [3.8, 4) is 0 Å². The molecule has 2 aromatic heterocycles. The molecule has 11 nitrogen and oxygen atoms in total. The first-order valence-corrected chi connectivity index (χ1v) is 12.7. The predicted molar refractivity (Wildman–Crippen MR) is 125 cm³/mol. The van der Waals surface area contributed by atoms with Crippen molar-refractivity contribution in [3.63, 3.8) is 0 Å². The van der Waals surface area contributed by atoms with Crippen LogP contribution in [-0.2, 0) is 34.4 Å². The van der Waals surface area contributed by atoms with E-state index in [0.29, 0.717) is 11.2 Å². The number of ether oxygens (including phenoxy) is 2. The number of aromatic nitrogens is 4. The number of fused-ring (bicyclic) bond motifs is 1. The number of carbonyl (C=O) groups excluding carboxylic acids is 1. The molecule has 0 aliphatic carbocycles. The van der Waals surface area contributed by atoms with Gasteiger partial charge in [-0.05, 0) is 48.5 Å². The van der Waals surface area contributed by atoms with Gasteiger partial charge >= 0.3 is 13.6 Å². The molecule has 0 aliphatic heterocycles. The average Bonchev–Trinajstić information content (AvgIpc) is 3.04. The number of nitrogens with zero attached hydrogens (tertiary/aromatic N) is 4. The number of carbonyl (C=O) groups is 1. The normalized spacial score (nSPS) is 13.8. The molecule has 0 amide bonds. The highest BCUT2D eigenvalue weighted by atomic mass is 35.5. The minimum atomic E-state index is -3.57. The lowest BCUT2D eigenvalue weighted by Gasteiger charge is -2.26. The Hall–Kier alpha value is -1.78. The van der Waals surface area contributed by atoms with Crippen molar-refractivity contribution >= 4 is 42.3 Å². The van der Waals surface area contributed by atoms with E-state index in [4.69, 9.17) is 35.9 Å². The minimum Gasteiger partial charge on any atom is -0.462 e. The van der Waals surface area contributed by atoms with Crippen LogP contribution < -0.4 is 5.73 Å². The van der Waals surface area contributed by atoms with Crippen LogP contribution in [0.3, 0.4) is 0 Å². The van der Waals surface area contributed by atoms with Crippen LogP contribution in [0.4, 0.5) is 5.95 Å². The molecule has 2 heterocycles. The van der Waals surface area contributed by atoms with Gasteiger partial charge in [0.2, 0.25) is 5.95 Å². The molecule has 0 aliphatic rings. The van der Waals surface area contributed by atoms with E-state index in [1.165, 1.54) is 6.33 Å². The monoisotopic (exact) mass is 505 g/mol. The second kappa shape index (κ2) is 11.1. The average molecular weight is 506 g/mol. The Balaban J connectivity index is 2.26. The van der Waals surface area contributed by atoms with E-state index in [1.807, 2.05) is 0 Å². The van der Waals surface area contributed by atoms with Gasteiger partial charge in [0, 0.05) is 0 Å². The molecule has 0 unspecified atom stereocenters. The van der Waals surface area contributed by atoms with E-state index in [1.54, 1.807) is 53.0 Å². The molecule has 0 saturated carbocycles. The second-order valence-corrected chi connectivity index (χ2v) is 11.4. The standard InChI is InChI=1S/C20H33ClN5O6P/c1-12(2)31-33(28,32-13(3)4)11-30-14(9-29-18(27)20(5,6)7)8-26-10-23-15-16(21)24-19(22)25-17(15)26/h10,12-14H,8-9,11H2,1-7H3,(H2,22,24,25)/t14-/m0/s1. The fourth-order valence-electron chi connectivity index (χ4n) is 2.74. The van der Waals surface area contributed by atoms with Gasteiger partial charge in [0.05, 0.1) is 30.5 Å². The Kier molecular flexibility index (Phi) is 9.24. The molecule has 0 bridgehead atoms. The fraction of sp³-hybridized carbons (Fsp3) is 0.700. The molecule has 1 atom stereocenters. The van der Waals surface area contributed by atoms with Gasteiger partial charge in [-0.3, -0.25) is 9.36 Å². The summed E-state index contributed by atoms with van der Waals surface area (Å²) in [6.45, 7) is 12.3. The SMILES string of the molecule is CC(C)OP(=O)(CO[C@H](COC(=O)C(C)(C)C)Cn1cnc2c(Cl)nc(N)nc21)OC(C)C. The number of esters is 1. The zero-order valence-electron chi connectivity index (χ0n) is 20.1. The summed E-state index contributed by atoms with van der Waals surface area (Å²) >= 11 is 6.11. The van der Waals surface area contributed by atoms with Gasteiger partial charge in [-0.15, -0.1) is 0 Å². The molecule has 2 rings (SSSR count). The van der Waals surface area contributed by atoms with Gasteiger partial charge in [-0.1, -0.05) is 11.6 Å². The molecule has 0 radical (unpaired) electrons. The van der Waals surface area contributed by atoms with Crippen molar-refractivity contribution in [1.29, 1.82) is 0 Å². The number of hydrogen-bond donors (Lipinski definition) is 1. The summed E-state index contributed by atoms with van der Waals surface area (Å²) in [5.41, 5.74) is 5.78. The van der Waals surface area contributed by atoms with Gasteiger partial charge in [0.1, 0.15) is 24.6 Å². The van der Waals surface area contributed by atoms with Crippen LogP contribution in [0.5, 0.6) is 0 Å². The Morgan fingerprint density at radius 2 is 1.79 bits per heavy atom. The summed E-state index contributed by atoms with van der Waals surface area (Å²) in [7, 11) is -3.57. The third-order valence-corrected chi connectivity index (χ3v) is 6.28. The minimum absolute atomic E-state index is 0.00829. The molecule has 33 heavy (non-hydrogen) atoms. The van der Waals surface area contributed by atoms with E-state index >= 15 is 0 Å².